The molecule has 1 N–H and O–H groups in total. The Morgan fingerprint density at radius 3 is 2.43 bits per heavy atom. The number of rotatable bonds is 5. The fourth-order valence-electron chi connectivity index (χ4n) is 3.36. The molecule has 30 heavy (non-hydrogen) atoms. The van der Waals surface area contributed by atoms with E-state index in [2.05, 4.69) is 5.32 Å². The molecule has 6 nitrogen and oxygen atoms in total. The summed E-state index contributed by atoms with van der Waals surface area (Å²) in [5.74, 6) is 1.25. The predicted molar refractivity (Wildman–Crippen MR) is 118 cm³/mol. The van der Waals surface area contributed by atoms with E-state index >= 15 is 0 Å². The van der Waals surface area contributed by atoms with E-state index in [4.69, 9.17) is 4.74 Å². The van der Waals surface area contributed by atoms with Gasteiger partial charge in [0, 0.05) is 17.8 Å². The number of sulfonamides is 1. The Kier molecular flexibility index (Phi) is 5.46. The van der Waals surface area contributed by atoms with E-state index in [1.165, 1.54) is 4.31 Å². The third-order valence-electron chi connectivity index (χ3n) is 4.83. The molecule has 0 aliphatic carbocycles. The Bertz CT molecular complexity index is 1170. The van der Waals surface area contributed by atoms with Crippen LogP contribution in [0.1, 0.15) is 22.3 Å². The van der Waals surface area contributed by atoms with Crippen LogP contribution in [0.4, 0.5) is 11.4 Å². The lowest BCUT2D eigenvalue weighted by Gasteiger charge is -2.17. The van der Waals surface area contributed by atoms with Crippen LogP contribution in [0.15, 0.2) is 72.8 Å². The molecule has 3 aromatic carbocycles. The van der Waals surface area contributed by atoms with Gasteiger partial charge in [-0.1, -0.05) is 18.2 Å². The molecule has 0 spiro atoms. The largest absolute Gasteiger partial charge is 0.457 e. The third-order valence-corrected chi connectivity index (χ3v) is 6.70. The van der Waals surface area contributed by atoms with Crippen molar-refractivity contribution in [3.05, 3.63) is 83.9 Å². The summed E-state index contributed by atoms with van der Waals surface area (Å²) in [6.07, 6.45) is 0.593. The second kappa shape index (κ2) is 8.20. The molecular weight excluding hydrogens is 400 g/mol. The zero-order valence-corrected chi connectivity index (χ0v) is 17.4. The summed E-state index contributed by atoms with van der Waals surface area (Å²) in [6, 6.07) is 21.5. The fourth-order valence-corrected chi connectivity index (χ4v) is 4.91. The van der Waals surface area contributed by atoms with Crippen LogP contribution in [-0.4, -0.2) is 26.6 Å². The smallest absolute Gasteiger partial charge is 0.255 e. The van der Waals surface area contributed by atoms with Gasteiger partial charge >= 0.3 is 0 Å². The van der Waals surface area contributed by atoms with Crippen LogP contribution >= 0.6 is 0 Å². The van der Waals surface area contributed by atoms with Gasteiger partial charge in [-0.25, -0.2) is 8.42 Å². The number of carbonyl (C=O) groups excluding carboxylic acids is 1. The molecule has 1 amide bonds. The second-order valence-corrected chi connectivity index (χ2v) is 9.20. The summed E-state index contributed by atoms with van der Waals surface area (Å²) in [4.78, 5) is 12.6. The molecule has 154 valence electrons. The molecule has 0 atom stereocenters. The van der Waals surface area contributed by atoms with Gasteiger partial charge in [0.15, 0.2) is 0 Å². The minimum absolute atomic E-state index is 0.139. The summed E-state index contributed by atoms with van der Waals surface area (Å²) >= 11 is 0. The molecule has 0 bridgehead atoms. The molecule has 0 radical (unpaired) electrons. The average Bonchev–Trinajstić information content (AvgIpc) is 3.08. The first-order chi connectivity index (χ1) is 14.4. The van der Waals surface area contributed by atoms with Gasteiger partial charge in [0.2, 0.25) is 10.0 Å². The molecule has 7 heteroatoms. The molecule has 3 aromatic rings. The molecule has 1 fully saturated rings. The van der Waals surface area contributed by atoms with Gasteiger partial charge in [0.1, 0.15) is 11.5 Å². The van der Waals surface area contributed by atoms with Crippen LogP contribution in [0.2, 0.25) is 0 Å². The van der Waals surface area contributed by atoms with E-state index in [-0.39, 0.29) is 11.7 Å². The maximum Gasteiger partial charge on any atom is 0.255 e. The lowest BCUT2D eigenvalue weighted by molar-refractivity contribution is 0.102. The third kappa shape index (κ3) is 4.46. The van der Waals surface area contributed by atoms with Crippen LogP contribution < -0.4 is 14.4 Å². The molecule has 0 saturated carbocycles. The number of benzene rings is 3. The number of carbonyl (C=O) groups is 1. The Morgan fingerprint density at radius 1 is 0.967 bits per heavy atom. The lowest BCUT2D eigenvalue weighted by Crippen LogP contribution is -2.25. The molecule has 1 heterocycles. The number of aryl methyl sites for hydroxylation is 1. The molecule has 0 aromatic heterocycles. The van der Waals surface area contributed by atoms with E-state index < -0.39 is 10.0 Å². The number of nitrogens with one attached hydrogen (secondary N) is 1. The van der Waals surface area contributed by atoms with Crippen LogP contribution in [0.3, 0.4) is 0 Å². The van der Waals surface area contributed by atoms with Crippen LogP contribution in [0.5, 0.6) is 11.5 Å². The van der Waals surface area contributed by atoms with Crippen molar-refractivity contribution in [2.24, 2.45) is 0 Å². The Morgan fingerprint density at radius 2 is 1.73 bits per heavy atom. The van der Waals surface area contributed by atoms with Gasteiger partial charge in [-0.2, -0.15) is 0 Å². The molecular formula is C23H22N2O4S. The zero-order chi connectivity index (χ0) is 21.1. The Hall–Kier alpha value is -3.32. The number of nitrogens with zero attached hydrogens (tertiary/aromatic N) is 1. The van der Waals surface area contributed by atoms with Gasteiger partial charge in [-0.15, -0.1) is 0 Å². The van der Waals surface area contributed by atoms with Gasteiger partial charge < -0.3 is 10.1 Å². The summed E-state index contributed by atoms with van der Waals surface area (Å²) in [7, 11) is -3.29. The summed E-state index contributed by atoms with van der Waals surface area (Å²) in [5, 5.41) is 2.83. The Labute approximate surface area is 176 Å². The van der Waals surface area contributed by atoms with Crippen molar-refractivity contribution in [3.8, 4) is 11.5 Å². The van der Waals surface area contributed by atoms with Crippen molar-refractivity contribution in [1.29, 1.82) is 0 Å². The van der Waals surface area contributed by atoms with Crippen LogP contribution in [-0.2, 0) is 10.0 Å². The lowest BCUT2D eigenvalue weighted by atomic mass is 10.1. The first-order valence-corrected chi connectivity index (χ1v) is 11.3. The summed E-state index contributed by atoms with van der Waals surface area (Å²) in [5.41, 5.74) is 2.65. The first-order valence-electron chi connectivity index (χ1n) is 9.67. The first kappa shape index (κ1) is 20.0. The van der Waals surface area contributed by atoms with E-state index in [9.17, 15) is 13.2 Å². The van der Waals surface area contributed by atoms with Crippen molar-refractivity contribution in [2.75, 3.05) is 21.9 Å². The van der Waals surface area contributed by atoms with Crippen LogP contribution in [0.25, 0.3) is 0 Å². The monoisotopic (exact) mass is 422 g/mol. The normalized spacial score (nSPS) is 15.0. The highest BCUT2D eigenvalue weighted by Crippen LogP contribution is 2.26. The highest BCUT2D eigenvalue weighted by atomic mass is 32.2. The molecule has 0 unspecified atom stereocenters. The summed E-state index contributed by atoms with van der Waals surface area (Å²) < 4.78 is 31.4. The maximum atomic E-state index is 12.6. The van der Waals surface area contributed by atoms with Crippen molar-refractivity contribution in [1.82, 2.24) is 0 Å². The van der Waals surface area contributed by atoms with E-state index in [0.29, 0.717) is 35.7 Å². The van der Waals surface area contributed by atoms with E-state index in [0.717, 1.165) is 11.3 Å². The summed E-state index contributed by atoms with van der Waals surface area (Å²) in [6.45, 7) is 2.44. The van der Waals surface area contributed by atoms with E-state index in [1.54, 1.807) is 48.5 Å². The standard InChI is InChI=1S/C23H22N2O4S/c1-17-5-2-8-22(15-17)29-21-11-9-19(10-12-21)24-23(26)18-6-3-7-20(16-18)25-13-4-14-30(25,27)28/h2-3,5-12,15-16H,4,13-14H2,1H3,(H,24,26). The van der Waals surface area contributed by atoms with Crippen LogP contribution in [0, 0.1) is 6.92 Å². The zero-order valence-electron chi connectivity index (χ0n) is 16.5. The quantitative estimate of drug-likeness (QED) is 0.653. The topological polar surface area (TPSA) is 75.7 Å². The number of anilines is 2. The number of amides is 1. The van der Waals surface area contributed by atoms with Crippen molar-refractivity contribution in [3.63, 3.8) is 0 Å². The van der Waals surface area contributed by atoms with Crippen molar-refractivity contribution in [2.45, 2.75) is 13.3 Å². The maximum absolute atomic E-state index is 12.6. The molecule has 1 aliphatic heterocycles. The number of hydrogen-bond acceptors (Lipinski definition) is 4. The Balaban J connectivity index is 1.44. The van der Waals surface area contributed by atoms with Gasteiger partial charge in [-0.05, 0) is 73.5 Å². The average molecular weight is 423 g/mol. The number of ether oxygens (including phenoxy) is 1. The van der Waals surface area contributed by atoms with E-state index in [1.807, 2.05) is 31.2 Å². The van der Waals surface area contributed by atoms with Crippen molar-refractivity contribution >= 4 is 27.3 Å². The second-order valence-electron chi connectivity index (χ2n) is 7.19. The minimum atomic E-state index is -3.29. The molecule has 4 rings (SSSR count). The molecule has 1 aliphatic rings. The number of hydrogen-bond donors (Lipinski definition) is 1. The highest BCUT2D eigenvalue weighted by molar-refractivity contribution is 7.93. The minimum Gasteiger partial charge on any atom is -0.457 e. The fraction of sp³-hybridized carbons (Fsp3) is 0.174. The van der Waals surface area contributed by atoms with Gasteiger partial charge in [0.05, 0.1) is 11.4 Å². The molecule has 1 saturated heterocycles. The highest BCUT2D eigenvalue weighted by Gasteiger charge is 2.28. The predicted octanol–water partition coefficient (Wildman–Crippen LogP) is 4.58. The SMILES string of the molecule is Cc1cccc(Oc2ccc(NC(=O)c3cccc(N4CCCS4(=O)=O)c3)cc2)c1. The van der Waals surface area contributed by atoms with Gasteiger partial charge in [0.25, 0.3) is 5.91 Å². The van der Waals surface area contributed by atoms with Crippen molar-refractivity contribution < 1.29 is 17.9 Å². The van der Waals surface area contributed by atoms with Gasteiger partial charge in [-0.3, -0.25) is 9.10 Å².